The zero-order valence-electron chi connectivity index (χ0n) is 4.02. The van der Waals surface area contributed by atoms with Gasteiger partial charge in [0, 0.05) is 41.3 Å². The van der Waals surface area contributed by atoms with Gasteiger partial charge in [0.25, 0.3) is 0 Å². The molecule has 0 amide bonds. The van der Waals surface area contributed by atoms with Crippen LogP contribution >= 0.6 is 0 Å². The Balaban J connectivity index is 0.000000250. The quantitative estimate of drug-likeness (QED) is 0.570. The van der Waals surface area contributed by atoms with Crippen LogP contribution in [0.25, 0.3) is 5.32 Å². The summed E-state index contributed by atoms with van der Waals surface area (Å²) >= 11 is 0. The van der Waals surface area contributed by atoms with Gasteiger partial charge < -0.3 is 5.32 Å². The van der Waals surface area contributed by atoms with E-state index in [1.54, 1.807) is 0 Å². The predicted octanol–water partition coefficient (Wildman–Crippen LogP) is 1.15. The molecule has 0 spiro atoms. The SMILES string of the molecule is CC1CC[N-]1.[Pr]. The molecule has 0 bridgehead atoms. The maximum absolute atomic E-state index is 4.07. The van der Waals surface area contributed by atoms with Crippen LogP contribution in [0.15, 0.2) is 0 Å². The average Bonchev–Trinajstić information content (AvgIpc) is 1.30. The van der Waals surface area contributed by atoms with Gasteiger partial charge in [0.05, 0.1) is 0 Å². The first-order valence-electron chi connectivity index (χ1n) is 2.06. The van der Waals surface area contributed by atoms with Crippen molar-refractivity contribution in [2.75, 3.05) is 6.54 Å². The van der Waals surface area contributed by atoms with Crippen LogP contribution in [0.3, 0.4) is 0 Å². The first-order valence-corrected chi connectivity index (χ1v) is 2.06. The summed E-state index contributed by atoms with van der Waals surface area (Å²) < 4.78 is 0. The normalized spacial score (nSPS) is 30.5. The molecule has 1 heterocycles. The summed E-state index contributed by atoms with van der Waals surface area (Å²) in [5, 5.41) is 4.07. The van der Waals surface area contributed by atoms with E-state index in [9.17, 15) is 0 Å². The molecule has 1 aliphatic heterocycles. The second-order valence-electron chi connectivity index (χ2n) is 1.54. The molecule has 1 radical (unpaired) electrons. The van der Waals surface area contributed by atoms with Crippen LogP contribution in [-0.2, 0) is 0 Å². The molecule has 1 aliphatic rings. The topological polar surface area (TPSA) is 14.1 Å². The molecule has 0 aromatic carbocycles. The number of hydrogen-bond donors (Lipinski definition) is 0. The van der Waals surface area contributed by atoms with Crippen molar-refractivity contribution in [3.8, 4) is 0 Å². The van der Waals surface area contributed by atoms with Crippen LogP contribution in [0.5, 0.6) is 0 Å². The predicted molar refractivity (Wildman–Crippen MR) is 22.3 cm³/mol. The van der Waals surface area contributed by atoms with E-state index >= 15 is 0 Å². The largest absolute Gasteiger partial charge is 0.660 e. The third-order valence-corrected chi connectivity index (χ3v) is 0.988. The molecule has 0 saturated carbocycles. The summed E-state index contributed by atoms with van der Waals surface area (Å²) in [7, 11) is 0. The van der Waals surface area contributed by atoms with Gasteiger partial charge in [0.15, 0.2) is 0 Å². The summed E-state index contributed by atoms with van der Waals surface area (Å²) in [6, 6.07) is 0.690. The van der Waals surface area contributed by atoms with E-state index < -0.39 is 0 Å². The molecule has 1 saturated heterocycles. The van der Waals surface area contributed by atoms with E-state index in [1.807, 2.05) is 0 Å². The molecule has 1 unspecified atom stereocenters. The van der Waals surface area contributed by atoms with Gasteiger partial charge in [0.2, 0.25) is 0 Å². The van der Waals surface area contributed by atoms with Crippen molar-refractivity contribution in [2.45, 2.75) is 19.4 Å². The van der Waals surface area contributed by atoms with E-state index in [1.165, 1.54) is 6.42 Å². The van der Waals surface area contributed by atoms with Crippen molar-refractivity contribution in [1.29, 1.82) is 0 Å². The minimum absolute atomic E-state index is 0. The molecule has 0 aliphatic carbocycles. The average molecular weight is 211 g/mol. The third-order valence-electron chi connectivity index (χ3n) is 0.988. The summed E-state index contributed by atoms with van der Waals surface area (Å²) in [6.07, 6.45) is 1.32. The smallest absolute Gasteiger partial charge is 0 e. The monoisotopic (exact) mass is 211 g/mol. The van der Waals surface area contributed by atoms with Gasteiger partial charge in [-0.05, 0) is 0 Å². The maximum Gasteiger partial charge on any atom is 0 e. The number of nitrogens with zero attached hydrogens (tertiary/aromatic N) is 1. The van der Waals surface area contributed by atoms with E-state index in [2.05, 4.69) is 12.2 Å². The molecule has 0 aromatic heterocycles. The summed E-state index contributed by atoms with van der Waals surface area (Å²) in [4.78, 5) is 0. The molecular formula is C4H8NPr-. The molecule has 1 fully saturated rings. The number of hydrogen-bond acceptors (Lipinski definition) is 0. The molecule has 33 valence electrons. The summed E-state index contributed by atoms with van der Waals surface area (Å²) in [6.45, 7) is 3.25. The van der Waals surface area contributed by atoms with Crippen LogP contribution in [0.1, 0.15) is 13.3 Å². The fourth-order valence-corrected chi connectivity index (χ4v) is 0.387. The van der Waals surface area contributed by atoms with Crippen molar-refractivity contribution in [3.05, 3.63) is 5.32 Å². The molecule has 1 atom stereocenters. The molecule has 0 N–H and O–H groups in total. The molecule has 1 nitrogen and oxygen atoms in total. The van der Waals surface area contributed by atoms with Crippen LogP contribution < -0.4 is 0 Å². The fourth-order valence-electron chi connectivity index (χ4n) is 0.387. The molecular weight excluding hydrogens is 203 g/mol. The van der Waals surface area contributed by atoms with Gasteiger partial charge in [-0.25, -0.2) is 0 Å². The minimum Gasteiger partial charge on any atom is -0.660 e. The Bertz CT molecular complexity index is 34.5. The Morgan fingerprint density at radius 2 is 2.00 bits per heavy atom. The Kier molecular flexibility index (Phi) is 4.08. The van der Waals surface area contributed by atoms with Crippen molar-refractivity contribution in [3.63, 3.8) is 0 Å². The minimum atomic E-state index is 0. The van der Waals surface area contributed by atoms with E-state index in [0.717, 1.165) is 6.54 Å². The van der Waals surface area contributed by atoms with E-state index in [4.69, 9.17) is 0 Å². The van der Waals surface area contributed by atoms with E-state index in [-0.39, 0.29) is 41.3 Å². The van der Waals surface area contributed by atoms with Crippen LogP contribution in [0.2, 0.25) is 0 Å². The first-order chi connectivity index (χ1) is 2.39. The molecule has 0 aromatic rings. The summed E-state index contributed by atoms with van der Waals surface area (Å²) in [5.74, 6) is 0. The van der Waals surface area contributed by atoms with Crippen LogP contribution in [0, 0.1) is 41.3 Å². The van der Waals surface area contributed by atoms with Crippen LogP contribution in [0.4, 0.5) is 0 Å². The van der Waals surface area contributed by atoms with Crippen molar-refractivity contribution in [1.82, 2.24) is 0 Å². The first kappa shape index (κ1) is 7.32. The molecule has 1 rings (SSSR count). The standard InChI is InChI=1S/C4H8N.Pr/c1-4-2-3-5-4;/h4H,2-3H2,1H3;/q-1;. The van der Waals surface area contributed by atoms with Crippen molar-refractivity contribution < 1.29 is 41.3 Å². The Hall–Kier alpha value is 1.32. The third kappa shape index (κ3) is 1.86. The Morgan fingerprint density at radius 1 is 1.67 bits per heavy atom. The molecule has 6 heavy (non-hydrogen) atoms. The maximum atomic E-state index is 4.07. The Morgan fingerprint density at radius 3 is 2.00 bits per heavy atom. The molecule has 2 heteroatoms. The van der Waals surface area contributed by atoms with Gasteiger partial charge in [-0.1, -0.05) is 13.3 Å². The van der Waals surface area contributed by atoms with Gasteiger partial charge in [0.1, 0.15) is 0 Å². The van der Waals surface area contributed by atoms with Gasteiger partial charge >= 0.3 is 0 Å². The van der Waals surface area contributed by atoms with Gasteiger partial charge in [-0.2, -0.15) is 6.54 Å². The zero-order valence-corrected chi connectivity index (χ0v) is 7.72. The van der Waals surface area contributed by atoms with Gasteiger partial charge in [-0.15, -0.1) is 6.04 Å². The van der Waals surface area contributed by atoms with Gasteiger partial charge in [-0.3, -0.25) is 0 Å². The zero-order chi connectivity index (χ0) is 3.70. The fraction of sp³-hybridized carbons (Fsp3) is 1.00. The number of rotatable bonds is 0. The Labute approximate surface area is 71.8 Å². The van der Waals surface area contributed by atoms with E-state index in [0.29, 0.717) is 6.04 Å². The van der Waals surface area contributed by atoms with Crippen molar-refractivity contribution >= 4 is 0 Å². The summed E-state index contributed by atoms with van der Waals surface area (Å²) in [5.41, 5.74) is 0. The van der Waals surface area contributed by atoms with Crippen molar-refractivity contribution in [2.24, 2.45) is 0 Å². The van der Waals surface area contributed by atoms with Crippen LogP contribution in [-0.4, -0.2) is 12.6 Å². The second-order valence-corrected chi connectivity index (χ2v) is 1.54. The second kappa shape index (κ2) is 3.34.